The number of aldehydes is 1. The summed E-state index contributed by atoms with van der Waals surface area (Å²) in [6, 6.07) is 18.4. The summed E-state index contributed by atoms with van der Waals surface area (Å²) in [5.41, 5.74) is 1.12. The SMILES string of the molecule is O=Cc1ncc(-c2ccccc2Sc2ccccc2)s1. The molecule has 1 heterocycles. The number of thiazole rings is 1. The van der Waals surface area contributed by atoms with E-state index in [1.807, 2.05) is 30.3 Å². The Hall–Kier alpha value is -1.91. The summed E-state index contributed by atoms with van der Waals surface area (Å²) in [4.78, 5) is 18.3. The van der Waals surface area contributed by atoms with Crippen molar-refractivity contribution in [2.45, 2.75) is 9.79 Å². The van der Waals surface area contributed by atoms with Crippen LogP contribution >= 0.6 is 23.1 Å². The fourth-order valence-electron chi connectivity index (χ4n) is 1.84. The average molecular weight is 297 g/mol. The first-order chi connectivity index (χ1) is 9.86. The molecular weight excluding hydrogens is 286 g/mol. The topological polar surface area (TPSA) is 30.0 Å². The van der Waals surface area contributed by atoms with Gasteiger partial charge in [0.1, 0.15) is 0 Å². The molecule has 4 heteroatoms. The lowest BCUT2D eigenvalue weighted by atomic mass is 10.2. The first kappa shape index (κ1) is 13.1. The second-order valence-corrected chi connectivity index (χ2v) is 6.27. The molecule has 0 aliphatic rings. The van der Waals surface area contributed by atoms with Crippen LogP contribution in [0.3, 0.4) is 0 Å². The zero-order valence-electron chi connectivity index (χ0n) is 10.5. The third-order valence-electron chi connectivity index (χ3n) is 2.75. The van der Waals surface area contributed by atoms with Gasteiger partial charge in [-0.2, -0.15) is 0 Å². The van der Waals surface area contributed by atoms with Crippen molar-refractivity contribution in [2.75, 3.05) is 0 Å². The predicted octanol–water partition coefficient (Wildman–Crippen LogP) is 4.77. The third-order valence-corrected chi connectivity index (χ3v) is 4.79. The smallest absolute Gasteiger partial charge is 0.178 e. The summed E-state index contributed by atoms with van der Waals surface area (Å²) >= 11 is 3.13. The van der Waals surface area contributed by atoms with Gasteiger partial charge in [-0.3, -0.25) is 4.79 Å². The number of rotatable bonds is 4. The van der Waals surface area contributed by atoms with Crippen molar-refractivity contribution in [1.82, 2.24) is 4.98 Å². The molecule has 0 atom stereocenters. The van der Waals surface area contributed by atoms with Crippen LogP contribution < -0.4 is 0 Å². The van der Waals surface area contributed by atoms with Gasteiger partial charge in [-0.25, -0.2) is 4.98 Å². The van der Waals surface area contributed by atoms with Gasteiger partial charge in [-0.15, -0.1) is 11.3 Å². The first-order valence-corrected chi connectivity index (χ1v) is 7.73. The lowest BCUT2D eigenvalue weighted by Crippen LogP contribution is -1.79. The molecule has 20 heavy (non-hydrogen) atoms. The highest BCUT2D eigenvalue weighted by Crippen LogP contribution is 2.37. The zero-order valence-corrected chi connectivity index (χ0v) is 12.2. The number of nitrogens with zero attached hydrogens (tertiary/aromatic N) is 1. The lowest BCUT2D eigenvalue weighted by molar-refractivity contribution is 0.112. The summed E-state index contributed by atoms with van der Waals surface area (Å²) in [6.45, 7) is 0. The van der Waals surface area contributed by atoms with Gasteiger partial charge in [-0.1, -0.05) is 48.2 Å². The Morgan fingerprint density at radius 2 is 1.75 bits per heavy atom. The normalized spacial score (nSPS) is 10.4. The molecule has 3 aromatic rings. The molecule has 0 saturated heterocycles. The van der Waals surface area contributed by atoms with E-state index in [0.29, 0.717) is 5.01 Å². The van der Waals surface area contributed by atoms with Crippen molar-refractivity contribution in [3.8, 4) is 10.4 Å². The summed E-state index contributed by atoms with van der Waals surface area (Å²) in [7, 11) is 0. The van der Waals surface area contributed by atoms with Gasteiger partial charge in [-0.05, 0) is 18.2 Å². The lowest BCUT2D eigenvalue weighted by Gasteiger charge is -2.06. The number of hydrogen-bond donors (Lipinski definition) is 0. The number of carbonyl (C=O) groups excluding carboxylic acids is 1. The van der Waals surface area contributed by atoms with Crippen molar-refractivity contribution in [3.63, 3.8) is 0 Å². The average Bonchev–Trinajstić information content (AvgIpc) is 2.98. The Morgan fingerprint density at radius 1 is 1.00 bits per heavy atom. The molecule has 0 N–H and O–H groups in total. The predicted molar refractivity (Wildman–Crippen MR) is 83.5 cm³/mol. The second-order valence-electron chi connectivity index (χ2n) is 4.09. The van der Waals surface area contributed by atoms with E-state index in [9.17, 15) is 4.79 Å². The number of carbonyl (C=O) groups is 1. The monoisotopic (exact) mass is 297 g/mol. The van der Waals surface area contributed by atoms with Crippen molar-refractivity contribution in [1.29, 1.82) is 0 Å². The van der Waals surface area contributed by atoms with Crippen molar-refractivity contribution >= 4 is 29.4 Å². The van der Waals surface area contributed by atoms with E-state index >= 15 is 0 Å². The second kappa shape index (κ2) is 6.03. The number of benzene rings is 2. The Balaban J connectivity index is 1.98. The van der Waals surface area contributed by atoms with E-state index < -0.39 is 0 Å². The maximum absolute atomic E-state index is 10.8. The fourth-order valence-corrected chi connectivity index (χ4v) is 3.66. The van der Waals surface area contributed by atoms with Crippen LogP contribution in [0.5, 0.6) is 0 Å². The van der Waals surface area contributed by atoms with Crippen molar-refractivity contribution < 1.29 is 4.79 Å². The molecule has 0 radical (unpaired) electrons. The highest BCUT2D eigenvalue weighted by molar-refractivity contribution is 7.99. The maximum Gasteiger partial charge on any atom is 0.178 e. The van der Waals surface area contributed by atoms with Gasteiger partial charge >= 0.3 is 0 Å². The van der Waals surface area contributed by atoms with Gasteiger partial charge in [0, 0.05) is 21.6 Å². The summed E-state index contributed by atoms with van der Waals surface area (Å²) < 4.78 is 0. The summed E-state index contributed by atoms with van der Waals surface area (Å²) in [5.74, 6) is 0. The van der Waals surface area contributed by atoms with Gasteiger partial charge < -0.3 is 0 Å². The summed E-state index contributed by atoms with van der Waals surface area (Å²) in [6.07, 6.45) is 2.56. The maximum atomic E-state index is 10.8. The molecule has 0 fully saturated rings. The van der Waals surface area contributed by atoms with Crippen LogP contribution in [0, 0.1) is 0 Å². The minimum absolute atomic E-state index is 0.513. The van der Waals surface area contributed by atoms with Crippen LogP contribution in [0.15, 0.2) is 70.6 Å². The highest BCUT2D eigenvalue weighted by Gasteiger charge is 2.09. The van der Waals surface area contributed by atoms with Crippen LogP contribution in [-0.2, 0) is 0 Å². The standard InChI is InChI=1S/C16H11NOS2/c18-11-16-17-10-15(20-16)13-8-4-5-9-14(13)19-12-6-2-1-3-7-12/h1-11H. The molecule has 98 valence electrons. The highest BCUT2D eigenvalue weighted by atomic mass is 32.2. The van der Waals surface area contributed by atoms with Crippen LogP contribution in [0.25, 0.3) is 10.4 Å². The van der Waals surface area contributed by atoms with Gasteiger partial charge in [0.05, 0.1) is 4.88 Å². The van der Waals surface area contributed by atoms with Crippen LogP contribution in [0.1, 0.15) is 9.80 Å². The van der Waals surface area contributed by atoms with Crippen molar-refractivity contribution in [3.05, 3.63) is 65.8 Å². The zero-order chi connectivity index (χ0) is 13.8. The summed E-state index contributed by atoms with van der Waals surface area (Å²) in [5, 5.41) is 0.513. The molecule has 0 unspecified atom stereocenters. The minimum atomic E-state index is 0.513. The molecule has 0 amide bonds. The molecule has 2 aromatic carbocycles. The fraction of sp³-hybridized carbons (Fsp3) is 0. The molecule has 0 aliphatic carbocycles. The molecule has 3 rings (SSSR count). The van der Waals surface area contributed by atoms with E-state index in [4.69, 9.17) is 0 Å². The Morgan fingerprint density at radius 3 is 2.50 bits per heavy atom. The Kier molecular flexibility index (Phi) is 3.95. The molecular formula is C16H11NOS2. The van der Waals surface area contributed by atoms with Crippen molar-refractivity contribution in [2.24, 2.45) is 0 Å². The van der Waals surface area contributed by atoms with E-state index in [1.54, 1.807) is 18.0 Å². The van der Waals surface area contributed by atoms with E-state index in [0.717, 1.165) is 16.7 Å². The molecule has 0 bridgehead atoms. The molecule has 1 aromatic heterocycles. The first-order valence-electron chi connectivity index (χ1n) is 6.10. The minimum Gasteiger partial charge on any atom is -0.295 e. The number of hydrogen-bond acceptors (Lipinski definition) is 4. The van der Waals surface area contributed by atoms with E-state index in [2.05, 4.69) is 29.2 Å². The van der Waals surface area contributed by atoms with Crippen LogP contribution in [-0.4, -0.2) is 11.3 Å². The van der Waals surface area contributed by atoms with Crippen LogP contribution in [0.2, 0.25) is 0 Å². The quantitative estimate of drug-likeness (QED) is 0.649. The van der Waals surface area contributed by atoms with Gasteiger partial charge in [0.25, 0.3) is 0 Å². The number of aromatic nitrogens is 1. The largest absolute Gasteiger partial charge is 0.295 e. The molecule has 0 spiro atoms. The van der Waals surface area contributed by atoms with E-state index in [1.165, 1.54) is 21.1 Å². The van der Waals surface area contributed by atoms with E-state index in [-0.39, 0.29) is 0 Å². The molecule has 0 aliphatic heterocycles. The molecule has 0 saturated carbocycles. The molecule has 2 nitrogen and oxygen atoms in total. The van der Waals surface area contributed by atoms with Gasteiger partial charge in [0.2, 0.25) is 0 Å². The Bertz CT molecular complexity index is 722. The van der Waals surface area contributed by atoms with Gasteiger partial charge in [0.15, 0.2) is 11.3 Å². The van der Waals surface area contributed by atoms with Crippen LogP contribution in [0.4, 0.5) is 0 Å². The Labute approximate surface area is 125 Å². The third kappa shape index (κ3) is 2.81.